The number of anilines is 1. The molecule has 1 fully saturated rings. The van der Waals surface area contributed by atoms with Gasteiger partial charge in [0.1, 0.15) is 0 Å². The Hall–Kier alpha value is -2.55. The first-order valence-electron chi connectivity index (χ1n) is 9.36. The van der Waals surface area contributed by atoms with E-state index in [0.717, 1.165) is 6.42 Å². The number of nitrogens with zero attached hydrogens (tertiary/aromatic N) is 2. The Morgan fingerprint density at radius 1 is 1.00 bits per heavy atom. The van der Waals surface area contributed by atoms with Crippen LogP contribution in [0.25, 0.3) is 10.9 Å². The van der Waals surface area contributed by atoms with E-state index in [2.05, 4.69) is 71.0 Å². The van der Waals surface area contributed by atoms with Gasteiger partial charge < -0.3 is 9.88 Å². The lowest BCUT2D eigenvalue weighted by molar-refractivity contribution is 0.700. The number of aliphatic imine (C=N–C) groups is 1. The van der Waals surface area contributed by atoms with Crippen molar-refractivity contribution >= 4 is 22.9 Å². The van der Waals surface area contributed by atoms with E-state index in [-0.39, 0.29) is 0 Å². The quantitative estimate of drug-likeness (QED) is 0.517. The van der Waals surface area contributed by atoms with E-state index in [9.17, 15) is 0 Å². The van der Waals surface area contributed by atoms with Gasteiger partial charge in [-0.15, -0.1) is 0 Å². The van der Waals surface area contributed by atoms with Gasteiger partial charge in [-0.1, -0.05) is 49.2 Å². The zero-order valence-corrected chi connectivity index (χ0v) is 14.4. The van der Waals surface area contributed by atoms with Crippen molar-refractivity contribution in [3.63, 3.8) is 0 Å². The van der Waals surface area contributed by atoms with Crippen LogP contribution in [0.1, 0.15) is 42.9 Å². The molecule has 1 saturated carbocycles. The van der Waals surface area contributed by atoms with Crippen molar-refractivity contribution in [1.29, 1.82) is 0 Å². The minimum absolute atomic E-state index is 0.318. The van der Waals surface area contributed by atoms with Crippen LogP contribution in [0.5, 0.6) is 0 Å². The van der Waals surface area contributed by atoms with Gasteiger partial charge in [-0.2, -0.15) is 0 Å². The molecule has 1 aliphatic carbocycles. The number of para-hydroxylation sites is 2. The number of aromatic amines is 1. The summed E-state index contributed by atoms with van der Waals surface area (Å²) >= 11 is 0. The highest BCUT2D eigenvalue weighted by atomic mass is 15.2. The summed E-state index contributed by atoms with van der Waals surface area (Å²) in [6.07, 6.45) is 10.5. The van der Waals surface area contributed by atoms with E-state index in [1.807, 2.05) is 0 Å². The maximum atomic E-state index is 4.93. The summed E-state index contributed by atoms with van der Waals surface area (Å²) in [4.78, 5) is 10.8. The van der Waals surface area contributed by atoms with Gasteiger partial charge in [0.15, 0.2) is 0 Å². The van der Waals surface area contributed by atoms with Gasteiger partial charge in [0.25, 0.3) is 0 Å². The summed E-state index contributed by atoms with van der Waals surface area (Å²) in [5, 5.41) is 1.32. The molecule has 0 radical (unpaired) electrons. The second-order valence-electron chi connectivity index (χ2n) is 7.25. The SMILES string of the molecule is C(=NC1CCCC1)N1c2ccccc2CC1c1c[nH]c2ccccc12. The van der Waals surface area contributed by atoms with Crippen LogP contribution in [0.15, 0.2) is 59.7 Å². The fraction of sp³-hybridized carbons (Fsp3) is 0.318. The second-order valence-corrected chi connectivity index (χ2v) is 7.25. The molecule has 1 unspecified atom stereocenters. The number of hydrogen-bond donors (Lipinski definition) is 1. The highest BCUT2D eigenvalue weighted by Crippen LogP contribution is 2.41. The molecule has 3 heteroatoms. The van der Waals surface area contributed by atoms with Crippen LogP contribution in [0.2, 0.25) is 0 Å². The lowest BCUT2D eigenvalue weighted by Crippen LogP contribution is -2.24. The van der Waals surface area contributed by atoms with Crippen molar-refractivity contribution in [2.45, 2.75) is 44.2 Å². The molecule has 126 valence electrons. The molecule has 3 aromatic rings. The van der Waals surface area contributed by atoms with Crippen LogP contribution in [0.4, 0.5) is 5.69 Å². The van der Waals surface area contributed by atoms with E-state index in [4.69, 9.17) is 4.99 Å². The van der Waals surface area contributed by atoms with Crippen LogP contribution in [0.3, 0.4) is 0 Å². The number of benzene rings is 2. The minimum atomic E-state index is 0.318. The summed E-state index contributed by atoms with van der Waals surface area (Å²) in [5.41, 5.74) is 5.29. The standard InChI is InChI=1S/C22H23N3/c1-6-12-21-16(7-1)13-22(25(21)15-24-17-8-2-3-9-17)19-14-23-20-11-5-4-10-18(19)20/h1,4-7,10-12,14-15,17,22-23H,2-3,8-9,13H2. The first-order chi connectivity index (χ1) is 12.4. The van der Waals surface area contributed by atoms with Gasteiger partial charge in [-0.3, -0.25) is 4.99 Å². The molecule has 1 aliphatic heterocycles. The number of rotatable bonds is 3. The van der Waals surface area contributed by atoms with E-state index < -0.39 is 0 Å². The van der Waals surface area contributed by atoms with Gasteiger partial charge in [0.2, 0.25) is 0 Å². The zero-order chi connectivity index (χ0) is 16.6. The van der Waals surface area contributed by atoms with Crippen molar-refractivity contribution < 1.29 is 0 Å². The Morgan fingerprint density at radius 2 is 1.80 bits per heavy atom. The Kier molecular flexibility index (Phi) is 3.58. The normalized spacial score (nSPS) is 20.8. The smallest absolute Gasteiger partial charge is 0.0903 e. The zero-order valence-electron chi connectivity index (χ0n) is 14.4. The maximum absolute atomic E-state index is 4.93. The predicted octanol–water partition coefficient (Wildman–Crippen LogP) is 5.24. The van der Waals surface area contributed by atoms with Gasteiger partial charge in [-0.05, 0) is 37.0 Å². The van der Waals surface area contributed by atoms with Crippen LogP contribution in [0, 0.1) is 0 Å². The van der Waals surface area contributed by atoms with Crippen molar-refractivity contribution in [3.8, 4) is 0 Å². The van der Waals surface area contributed by atoms with Gasteiger partial charge in [0.05, 0.1) is 18.4 Å². The van der Waals surface area contributed by atoms with Crippen LogP contribution in [-0.4, -0.2) is 17.4 Å². The second kappa shape index (κ2) is 6.07. The molecule has 0 saturated heterocycles. The average molecular weight is 329 g/mol. The number of hydrogen-bond acceptors (Lipinski definition) is 1. The number of fused-ring (bicyclic) bond motifs is 2. The summed E-state index contributed by atoms with van der Waals surface area (Å²) in [6, 6.07) is 18.2. The highest BCUT2D eigenvalue weighted by molar-refractivity contribution is 5.89. The summed E-state index contributed by atoms with van der Waals surface area (Å²) in [5.74, 6) is 0. The third kappa shape index (κ3) is 2.55. The maximum Gasteiger partial charge on any atom is 0.0903 e. The Bertz CT molecular complexity index is 918. The molecular formula is C22H23N3. The third-order valence-corrected chi connectivity index (χ3v) is 5.73. The van der Waals surface area contributed by atoms with Gasteiger partial charge in [0, 0.05) is 28.4 Å². The van der Waals surface area contributed by atoms with Crippen LogP contribution >= 0.6 is 0 Å². The minimum Gasteiger partial charge on any atom is -0.361 e. The molecule has 2 aliphatic rings. The molecule has 0 spiro atoms. The van der Waals surface area contributed by atoms with Gasteiger partial charge >= 0.3 is 0 Å². The van der Waals surface area contributed by atoms with E-state index in [0.29, 0.717) is 12.1 Å². The molecular weight excluding hydrogens is 306 g/mol. The lowest BCUT2D eigenvalue weighted by Gasteiger charge is -2.23. The van der Waals surface area contributed by atoms with Crippen LogP contribution in [-0.2, 0) is 6.42 Å². The molecule has 1 atom stereocenters. The first-order valence-corrected chi connectivity index (χ1v) is 9.36. The van der Waals surface area contributed by atoms with Crippen molar-refractivity contribution in [3.05, 3.63) is 65.9 Å². The highest BCUT2D eigenvalue weighted by Gasteiger charge is 2.31. The Labute approximate surface area is 148 Å². The predicted molar refractivity (Wildman–Crippen MR) is 104 cm³/mol. The van der Waals surface area contributed by atoms with Crippen molar-refractivity contribution in [1.82, 2.24) is 4.98 Å². The summed E-state index contributed by atoms with van der Waals surface area (Å²) < 4.78 is 0. The van der Waals surface area contributed by atoms with E-state index in [1.54, 1.807) is 0 Å². The Morgan fingerprint density at radius 3 is 2.72 bits per heavy atom. The molecule has 2 heterocycles. The van der Waals surface area contributed by atoms with E-state index in [1.165, 1.54) is 53.4 Å². The Balaban J connectivity index is 1.55. The van der Waals surface area contributed by atoms with Crippen molar-refractivity contribution in [2.75, 3.05) is 4.90 Å². The molecule has 2 aromatic carbocycles. The monoisotopic (exact) mass is 329 g/mol. The largest absolute Gasteiger partial charge is 0.361 e. The molecule has 25 heavy (non-hydrogen) atoms. The number of H-pyrrole nitrogens is 1. The fourth-order valence-corrected chi connectivity index (χ4v) is 4.40. The fourth-order valence-electron chi connectivity index (χ4n) is 4.40. The lowest BCUT2D eigenvalue weighted by atomic mass is 10.0. The van der Waals surface area contributed by atoms with Crippen molar-refractivity contribution in [2.24, 2.45) is 4.99 Å². The first kappa shape index (κ1) is 14.8. The molecule has 3 nitrogen and oxygen atoms in total. The summed E-state index contributed by atoms with van der Waals surface area (Å²) in [7, 11) is 0. The molecule has 0 amide bonds. The number of nitrogens with one attached hydrogen (secondary N) is 1. The van der Waals surface area contributed by atoms with Gasteiger partial charge in [-0.25, -0.2) is 0 Å². The molecule has 5 rings (SSSR count). The topological polar surface area (TPSA) is 31.4 Å². The number of aromatic nitrogens is 1. The average Bonchev–Trinajstić information content (AvgIpc) is 3.37. The molecule has 0 bridgehead atoms. The van der Waals surface area contributed by atoms with E-state index >= 15 is 0 Å². The third-order valence-electron chi connectivity index (χ3n) is 5.73. The molecule has 1 aromatic heterocycles. The van der Waals surface area contributed by atoms with Crippen LogP contribution < -0.4 is 4.90 Å². The summed E-state index contributed by atoms with van der Waals surface area (Å²) in [6.45, 7) is 0. The molecule has 1 N–H and O–H groups in total.